The third-order valence-electron chi connectivity index (χ3n) is 2.03. The molecule has 0 bridgehead atoms. The van der Waals surface area contributed by atoms with Crippen LogP contribution in [-0.2, 0) is 9.53 Å². The highest BCUT2D eigenvalue weighted by Crippen LogP contribution is 2.05. The topological polar surface area (TPSA) is 81.4 Å². The number of nitrogens with one attached hydrogen (secondary N) is 1. The van der Waals surface area contributed by atoms with Crippen LogP contribution in [0.1, 0.15) is 15.9 Å². The van der Waals surface area contributed by atoms with E-state index in [1.165, 1.54) is 7.11 Å². The molecule has 0 saturated carbocycles. The van der Waals surface area contributed by atoms with Crippen LogP contribution in [0.5, 0.6) is 0 Å². The molecule has 0 saturated heterocycles. The second-order valence-electron chi connectivity index (χ2n) is 3.20. The van der Waals surface area contributed by atoms with Gasteiger partial charge in [-0.25, -0.2) is 0 Å². The van der Waals surface area contributed by atoms with Gasteiger partial charge in [0, 0.05) is 11.1 Å². The number of carbonyl (C=O) groups is 2. The Hall–Kier alpha value is -1.95. The van der Waals surface area contributed by atoms with Gasteiger partial charge in [-0.2, -0.15) is 0 Å². The number of hydrogen-bond acceptors (Lipinski definition) is 4. The highest BCUT2D eigenvalue weighted by atomic mass is 32.1. The molecule has 0 heterocycles. The van der Waals surface area contributed by atoms with Crippen molar-refractivity contribution in [2.24, 2.45) is 5.73 Å². The summed E-state index contributed by atoms with van der Waals surface area (Å²) in [6, 6.07) is 6.55. The standard InChI is InChI=1S/C11H12N2O3S/c1-16-9(14)6-13-11(15)8-4-2-3-7(5-8)10(12)17/h2-5H,6H2,1H3,(H2,12,17)(H,13,15). The van der Waals surface area contributed by atoms with Crippen molar-refractivity contribution in [3.05, 3.63) is 35.4 Å². The van der Waals surface area contributed by atoms with Gasteiger partial charge in [0.25, 0.3) is 5.91 Å². The number of ether oxygens (including phenoxy) is 1. The van der Waals surface area contributed by atoms with Crippen molar-refractivity contribution in [1.82, 2.24) is 5.32 Å². The lowest BCUT2D eigenvalue weighted by atomic mass is 10.1. The quantitative estimate of drug-likeness (QED) is 0.592. The molecule has 1 aromatic rings. The third-order valence-corrected chi connectivity index (χ3v) is 2.27. The van der Waals surface area contributed by atoms with E-state index in [9.17, 15) is 9.59 Å². The number of methoxy groups -OCH3 is 1. The van der Waals surface area contributed by atoms with Gasteiger partial charge in [-0.05, 0) is 12.1 Å². The second kappa shape index (κ2) is 5.95. The van der Waals surface area contributed by atoms with Crippen LogP contribution in [0.2, 0.25) is 0 Å². The fourth-order valence-electron chi connectivity index (χ4n) is 1.14. The number of rotatable bonds is 4. The number of thiocarbonyl (C=S) groups is 1. The van der Waals surface area contributed by atoms with Crippen LogP contribution in [0.3, 0.4) is 0 Å². The van der Waals surface area contributed by atoms with Crippen LogP contribution in [-0.4, -0.2) is 30.5 Å². The van der Waals surface area contributed by atoms with Gasteiger partial charge in [-0.1, -0.05) is 24.4 Å². The minimum Gasteiger partial charge on any atom is -0.468 e. The van der Waals surface area contributed by atoms with Crippen molar-refractivity contribution in [2.45, 2.75) is 0 Å². The highest BCUT2D eigenvalue weighted by molar-refractivity contribution is 7.80. The minimum absolute atomic E-state index is 0.174. The molecular formula is C11H12N2O3S. The Morgan fingerprint density at radius 2 is 2.06 bits per heavy atom. The summed E-state index contributed by atoms with van der Waals surface area (Å²) in [6.07, 6.45) is 0. The van der Waals surface area contributed by atoms with Crippen molar-refractivity contribution in [1.29, 1.82) is 0 Å². The third kappa shape index (κ3) is 3.84. The molecule has 0 spiro atoms. The summed E-state index contributed by atoms with van der Waals surface area (Å²) < 4.78 is 4.40. The fourth-order valence-corrected chi connectivity index (χ4v) is 1.27. The lowest BCUT2D eigenvalue weighted by Crippen LogP contribution is -2.30. The minimum atomic E-state index is -0.510. The maximum atomic E-state index is 11.6. The van der Waals surface area contributed by atoms with Gasteiger partial charge in [0.05, 0.1) is 7.11 Å². The molecule has 1 amide bonds. The summed E-state index contributed by atoms with van der Waals surface area (Å²) >= 11 is 4.81. The zero-order chi connectivity index (χ0) is 12.8. The molecule has 1 rings (SSSR count). The molecule has 5 nitrogen and oxygen atoms in total. The Labute approximate surface area is 104 Å². The van der Waals surface area contributed by atoms with Gasteiger partial charge in [0.15, 0.2) is 0 Å². The average Bonchev–Trinajstić information content (AvgIpc) is 2.35. The van der Waals surface area contributed by atoms with Crippen LogP contribution in [0.4, 0.5) is 0 Å². The number of carbonyl (C=O) groups excluding carboxylic acids is 2. The first-order chi connectivity index (χ1) is 8.04. The highest BCUT2D eigenvalue weighted by Gasteiger charge is 2.08. The van der Waals surface area contributed by atoms with E-state index < -0.39 is 5.97 Å². The molecule has 0 fully saturated rings. The Morgan fingerprint density at radius 1 is 1.41 bits per heavy atom. The van der Waals surface area contributed by atoms with Crippen LogP contribution < -0.4 is 11.1 Å². The predicted molar refractivity (Wildman–Crippen MR) is 66.7 cm³/mol. The van der Waals surface area contributed by atoms with Gasteiger partial charge >= 0.3 is 5.97 Å². The maximum absolute atomic E-state index is 11.6. The normalized spacial score (nSPS) is 9.47. The van der Waals surface area contributed by atoms with Crippen molar-refractivity contribution < 1.29 is 14.3 Å². The van der Waals surface area contributed by atoms with E-state index in [1.54, 1.807) is 24.3 Å². The van der Waals surface area contributed by atoms with Crippen molar-refractivity contribution in [2.75, 3.05) is 13.7 Å². The van der Waals surface area contributed by atoms with E-state index in [1.807, 2.05) is 0 Å². The van der Waals surface area contributed by atoms with E-state index in [2.05, 4.69) is 10.1 Å². The van der Waals surface area contributed by atoms with Gasteiger partial charge < -0.3 is 15.8 Å². The Morgan fingerprint density at radius 3 is 2.65 bits per heavy atom. The van der Waals surface area contributed by atoms with Crippen LogP contribution in [0.25, 0.3) is 0 Å². The van der Waals surface area contributed by atoms with E-state index in [0.29, 0.717) is 11.1 Å². The molecule has 6 heteroatoms. The van der Waals surface area contributed by atoms with E-state index >= 15 is 0 Å². The Kier molecular flexibility index (Phi) is 4.59. The van der Waals surface area contributed by atoms with E-state index in [-0.39, 0.29) is 17.4 Å². The lowest BCUT2D eigenvalue weighted by molar-refractivity contribution is -0.139. The zero-order valence-electron chi connectivity index (χ0n) is 9.23. The smallest absolute Gasteiger partial charge is 0.325 e. The number of nitrogens with two attached hydrogens (primary N) is 1. The number of esters is 1. The molecule has 3 N–H and O–H groups in total. The fraction of sp³-hybridized carbons (Fsp3) is 0.182. The van der Waals surface area contributed by atoms with E-state index in [4.69, 9.17) is 18.0 Å². The predicted octanol–water partition coefficient (Wildman–Crippen LogP) is 0.224. The summed E-state index contributed by atoms with van der Waals surface area (Å²) in [6.45, 7) is -0.174. The van der Waals surface area contributed by atoms with Crippen molar-refractivity contribution in [3.63, 3.8) is 0 Å². The number of amides is 1. The molecule has 1 aromatic carbocycles. The molecule has 17 heavy (non-hydrogen) atoms. The monoisotopic (exact) mass is 252 g/mol. The molecule has 0 aromatic heterocycles. The molecule has 90 valence electrons. The second-order valence-corrected chi connectivity index (χ2v) is 3.64. The molecule has 0 atom stereocenters. The number of benzene rings is 1. The first-order valence-electron chi connectivity index (χ1n) is 4.79. The summed E-state index contributed by atoms with van der Waals surface area (Å²) in [5.74, 6) is -0.891. The Balaban J connectivity index is 2.72. The summed E-state index contributed by atoms with van der Waals surface area (Å²) in [5, 5.41) is 2.42. The molecule has 0 unspecified atom stereocenters. The van der Waals surface area contributed by atoms with Crippen LogP contribution in [0, 0.1) is 0 Å². The summed E-state index contributed by atoms with van der Waals surface area (Å²) in [4.78, 5) is 22.7. The van der Waals surface area contributed by atoms with Gasteiger partial charge in [0.1, 0.15) is 11.5 Å². The van der Waals surface area contributed by atoms with E-state index in [0.717, 1.165) is 0 Å². The zero-order valence-corrected chi connectivity index (χ0v) is 10.0. The van der Waals surface area contributed by atoms with Crippen LogP contribution >= 0.6 is 12.2 Å². The van der Waals surface area contributed by atoms with Crippen LogP contribution in [0.15, 0.2) is 24.3 Å². The summed E-state index contributed by atoms with van der Waals surface area (Å²) in [5.41, 5.74) is 6.44. The maximum Gasteiger partial charge on any atom is 0.325 e. The van der Waals surface area contributed by atoms with Gasteiger partial charge in [0.2, 0.25) is 0 Å². The van der Waals surface area contributed by atoms with Gasteiger partial charge in [-0.3, -0.25) is 9.59 Å². The molecule has 0 aliphatic rings. The van der Waals surface area contributed by atoms with Crippen molar-refractivity contribution in [3.8, 4) is 0 Å². The molecular weight excluding hydrogens is 240 g/mol. The molecule has 0 aliphatic carbocycles. The lowest BCUT2D eigenvalue weighted by Gasteiger charge is -2.05. The summed E-state index contributed by atoms with van der Waals surface area (Å²) in [7, 11) is 1.25. The molecule has 0 radical (unpaired) electrons. The first-order valence-corrected chi connectivity index (χ1v) is 5.20. The van der Waals surface area contributed by atoms with Crippen molar-refractivity contribution >= 4 is 29.1 Å². The largest absolute Gasteiger partial charge is 0.468 e. The molecule has 0 aliphatic heterocycles. The average molecular weight is 252 g/mol. The SMILES string of the molecule is COC(=O)CNC(=O)c1cccc(C(N)=S)c1. The van der Waals surface area contributed by atoms with Gasteiger partial charge in [-0.15, -0.1) is 0 Å². The number of hydrogen-bond donors (Lipinski definition) is 2. The first kappa shape index (κ1) is 13.1. The Bertz CT molecular complexity index is 460.